The lowest BCUT2D eigenvalue weighted by Crippen LogP contribution is -2.03. The Hall–Kier alpha value is 0.270. The zero-order valence-electron chi connectivity index (χ0n) is 3.06. The molecule has 0 spiro atoms. The molecule has 0 atom stereocenters. The van der Waals surface area contributed by atoms with Crippen molar-refractivity contribution in [3.8, 4) is 0 Å². The van der Waals surface area contributed by atoms with Gasteiger partial charge >= 0.3 is 0 Å². The zero-order chi connectivity index (χ0) is 4.12. The first-order chi connectivity index (χ1) is 2.41. The van der Waals surface area contributed by atoms with E-state index < -0.39 is 0 Å². The minimum absolute atomic E-state index is 0.427. The highest BCUT2D eigenvalue weighted by Gasteiger charge is 1.62. The second kappa shape index (κ2) is 4.27. The quantitative estimate of drug-likeness (QED) is 0.285. The maximum atomic E-state index is 4.45. The summed E-state index contributed by atoms with van der Waals surface area (Å²) in [6.45, 7) is 0. The molecule has 0 saturated carbocycles. The van der Waals surface area contributed by atoms with Crippen LogP contribution in [0.4, 0.5) is 0 Å². The van der Waals surface area contributed by atoms with E-state index in [1.165, 1.54) is 0 Å². The molecule has 0 rings (SSSR count). The van der Waals surface area contributed by atoms with Gasteiger partial charge in [0, 0.05) is 7.05 Å². The Kier molecular flexibility index (Phi) is 4.50. The van der Waals surface area contributed by atoms with Crippen LogP contribution in [-0.4, -0.2) is 13.0 Å². The molecule has 0 bridgehead atoms. The van der Waals surface area contributed by atoms with Gasteiger partial charge in [0.05, 0.1) is 0 Å². The highest BCUT2D eigenvalue weighted by atomic mass is 32.1. The number of rotatable bonds is 2. The molecule has 1 N–H and O–H groups in total. The summed E-state index contributed by atoms with van der Waals surface area (Å²) in [6, 6.07) is 0. The van der Waals surface area contributed by atoms with Crippen molar-refractivity contribution in [1.29, 1.82) is 0 Å². The Morgan fingerprint density at radius 1 is 2.00 bits per heavy atom. The molecule has 3 heteroatoms. The van der Waals surface area contributed by atoms with E-state index in [4.69, 9.17) is 0 Å². The normalized spacial score (nSPS) is 8.40. The Balaban J connectivity index is 2.19. The lowest BCUT2D eigenvalue weighted by molar-refractivity contribution is 0.0996. The minimum atomic E-state index is 0.427. The van der Waals surface area contributed by atoms with Gasteiger partial charge in [-0.25, -0.2) is 5.48 Å². The Labute approximate surface area is 36.9 Å². The van der Waals surface area contributed by atoms with Crippen LogP contribution in [0.25, 0.3) is 0 Å². The summed E-state index contributed by atoms with van der Waals surface area (Å²) in [6.07, 6.45) is 0. The molecule has 0 aliphatic carbocycles. The van der Waals surface area contributed by atoms with E-state index in [1.807, 2.05) is 0 Å². The van der Waals surface area contributed by atoms with E-state index in [-0.39, 0.29) is 0 Å². The van der Waals surface area contributed by atoms with Gasteiger partial charge in [0.15, 0.2) is 0 Å². The van der Waals surface area contributed by atoms with Crippen LogP contribution in [-0.2, 0) is 4.84 Å². The Bertz CT molecular complexity index is 17.1. The van der Waals surface area contributed by atoms with Gasteiger partial charge in [-0.2, -0.15) is 0 Å². The molecule has 0 radical (unpaired) electrons. The molecule has 0 aromatic carbocycles. The largest absolute Gasteiger partial charge is 0.292 e. The second-order valence-electron chi connectivity index (χ2n) is 0.478. The first-order valence-corrected chi connectivity index (χ1v) is 1.94. The molecule has 0 aliphatic rings. The van der Waals surface area contributed by atoms with Crippen LogP contribution in [0, 0.1) is 0 Å². The Morgan fingerprint density at radius 2 is 2.60 bits per heavy atom. The fourth-order valence-corrected chi connectivity index (χ4v) is 0.194. The number of hydrogen-bond donors (Lipinski definition) is 2. The molecule has 0 saturated heterocycles. The van der Waals surface area contributed by atoms with Gasteiger partial charge < -0.3 is 0 Å². The molecular formula is C2H7NOS. The van der Waals surface area contributed by atoms with E-state index in [9.17, 15) is 0 Å². The highest BCUT2D eigenvalue weighted by molar-refractivity contribution is 7.80. The summed E-state index contributed by atoms with van der Waals surface area (Å²) in [4.78, 5) is 4.45. The van der Waals surface area contributed by atoms with Crippen molar-refractivity contribution in [2.75, 3.05) is 13.0 Å². The van der Waals surface area contributed by atoms with Crippen LogP contribution in [0.5, 0.6) is 0 Å². The molecule has 0 aromatic rings. The molecule has 0 aromatic heterocycles. The van der Waals surface area contributed by atoms with Gasteiger partial charge in [-0.15, -0.1) is 12.6 Å². The molecule has 32 valence electrons. The van der Waals surface area contributed by atoms with Crippen molar-refractivity contribution in [1.82, 2.24) is 5.48 Å². The standard InChI is InChI=1S/C2H7NOS/c1-3-4-2-5/h3,5H,2H2,1H3. The Morgan fingerprint density at radius 3 is 2.60 bits per heavy atom. The summed E-state index contributed by atoms with van der Waals surface area (Å²) in [7, 11) is 1.69. The maximum absolute atomic E-state index is 4.45. The molecule has 0 heterocycles. The predicted octanol–water partition coefficient (Wildman–Crippen LogP) is 0.0247. The summed E-state index contributed by atoms with van der Waals surface area (Å²) >= 11 is 3.72. The highest BCUT2D eigenvalue weighted by Crippen LogP contribution is 1.65. The summed E-state index contributed by atoms with van der Waals surface area (Å²) in [5.41, 5.74) is 2.44. The van der Waals surface area contributed by atoms with E-state index in [2.05, 4.69) is 22.9 Å². The van der Waals surface area contributed by atoms with Crippen molar-refractivity contribution in [3.63, 3.8) is 0 Å². The predicted molar refractivity (Wildman–Crippen MR) is 24.0 cm³/mol. The van der Waals surface area contributed by atoms with Crippen molar-refractivity contribution < 1.29 is 4.84 Å². The number of hydrogen-bond acceptors (Lipinski definition) is 3. The third-order valence-corrected chi connectivity index (χ3v) is 0.338. The minimum Gasteiger partial charge on any atom is -0.292 e. The molecule has 0 aliphatic heterocycles. The van der Waals surface area contributed by atoms with E-state index in [0.29, 0.717) is 5.94 Å². The van der Waals surface area contributed by atoms with Gasteiger partial charge in [0.25, 0.3) is 0 Å². The SMILES string of the molecule is CNOCS. The molecule has 0 amide bonds. The van der Waals surface area contributed by atoms with Gasteiger partial charge in [0.2, 0.25) is 0 Å². The molecule has 0 unspecified atom stereocenters. The topological polar surface area (TPSA) is 21.3 Å². The molecular weight excluding hydrogens is 86.1 g/mol. The average Bonchev–Trinajstić information content (AvgIpc) is 1.41. The summed E-state index contributed by atoms with van der Waals surface area (Å²) in [5, 5.41) is 0. The van der Waals surface area contributed by atoms with Crippen LogP contribution in [0.2, 0.25) is 0 Å². The zero-order valence-corrected chi connectivity index (χ0v) is 3.96. The fourth-order valence-electron chi connectivity index (χ4n) is 0.0645. The lowest BCUT2D eigenvalue weighted by Gasteiger charge is -1.88. The van der Waals surface area contributed by atoms with Gasteiger partial charge in [-0.05, 0) is 0 Å². The van der Waals surface area contributed by atoms with Crippen molar-refractivity contribution in [2.24, 2.45) is 0 Å². The molecule has 0 fully saturated rings. The lowest BCUT2D eigenvalue weighted by atomic mass is 11.5. The number of nitrogens with one attached hydrogen (secondary N) is 1. The number of hydroxylamine groups is 1. The van der Waals surface area contributed by atoms with Gasteiger partial charge in [-0.1, -0.05) is 0 Å². The van der Waals surface area contributed by atoms with Crippen LogP contribution in [0.15, 0.2) is 0 Å². The smallest absolute Gasteiger partial charge is 0.111 e. The van der Waals surface area contributed by atoms with E-state index >= 15 is 0 Å². The molecule has 5 heavy (non-hydrogen) atoms. The van der Waals surface area contributed by atoms with E-state index in [1.54, 1.807) is 7.05 Å². The fraction of sp³-hybridized carbons (Fsp3) is 1.00. The van der Waals surface area contributed by atoms with Crippen LogP contribution >= 0.6 is 12.6 Å². The summed E-state index contributed by atoms with van der Waals surface area (Å²) < 4.78 is 0. The molecule has 2 nitrogen and oxygen atoms in total. The van der Waals surface area contributed by atoms with E-state index in [0.717, 1.165) is 0 Å². The number of thiol groups is 1. The van der Waals surface area contributed by atoms with Crippen LogP contribution < -0.4 is 5.48 Å². The first kappa shape index (κ1) is 5.27. The van der Waals surface area contributed by atoms with Crippen LogP contribution in [0.1, 0.15) is 0 Å². The van der Waals surface area contributed by atoms with Crippen LogP contribution in [0.3, 0.4) is 0 Å². The second-order valence-corrected chi connectivity index (χ2v) is 0.736. The van der Waals surface area contributed by atoms with Crippen molar-refractivity contribution in [3.05, 3.63) is 0 Å². The third kappa shape index (κ3) is 4.27. The maximum Gasteiger partial charge on any atom is 0.111 e. The first-order valence-electron chi connectivity index (χ1n) is 1.31. The van der Waals surface area contributed by atoms with Gasteiger partial charge in [0.1, 0.15) is 5.94 Å². The van der Waals surface area contributed by atoms with Gasteiger partial charge in [-0.3, -0.25) is 4.84 Å². The van der Waals surface area contributed by atoms with Crippen molar-refractivity contribution >= 4 is 12.6 Å². The third-order valence-electron chi connectivity index (χ3n) is 0.209. The summed E-state index contributed by atoms with van der Waals surface area (Å²) in [5.74, 6) is 0.427. The van der Waals surface area contributed by atoms with Crippen molar-refractivity contribution in [2.45, 2.75) is 0 Å². The average molecular weight is 93.2 g/mol. The monoisotopic (exact) mass is 93.0 g/mol.